The Morgan fingerprint density at radius 3 is 2.77 bits per heavy atom. The number of anilines is 1. The average molecular weight is 369 g/mol. The Morgan fingerprint density at radius 2 is 2.15 bits per heavy atom. The molecule has 1 unspecified atom stereocenters. The summed E-state index contributed by atoms with van der Waals surface area (Å²) in [5.41, 5.74) is 10.1. The van der Waals surface area contributed by atoms with Gasteiger partial charge in [-0.25, -0.2) is 9.67 Å². The molecule has 3 rings (SSSR count). The minimum Gasteiger partial charge on any atom is -0.322 e. The molecule has 0 spiro atoms. The highest BCUT2D eigenvalue weighted by Crippen LogP contribution is 2.25. The Morgan fingerprint density at radius 1 is 1.38 bits per heavy atom. The first-order chi connectivity index (χ1) is 12.4. The van der Waals surface area contributed by atoms with Crippen molar-refractivity contribution in [2.45, 2.75) is 40.2 Å². The zero-order chi connectivity index (χ0) is 18.8. The van der Waals surface area contributed by atoms with Gasteiger partial charge in [0.1, 0.15) is 10.7 Å². The summed E-state index contributed by atoms with van der Waals surface area (Å²) in [7, 11) is 0. The highest BCUT2D eigenvalue weighted by Gasteiger charge is 2.20. The van der Waals surface area contributed by atoms with E-state index >= 15 is 0 Å². The number of nitrogens with zero attached hydrogens (tertiary/aromatic N) is 3. The van der Waals surface area contributed by atoms with Gasteiger partial charge in [-0.05, 0) is 44.9 Å². The number of thiazole rings is 1. The summed E-state index contributed by atoms with van der Waals surface area (Å²) in [6.07, 6.45) is 2.43. The van der Waals surface area contributed by atoms with Gasteiger partial charge in [-0.3, -0.25) is 4.79 Å². The molecule has 7 heteroatoms. The van der Waals surface area contributed by atoms with Gasteiger partial charge in [-0.2, -0.15) is 5.10 Å². The van der Waals surface area contributed by atoms with Gasteiger partial charge in [0.05, 0.1) is 29.3 Å². The van der Waals surface area contributed by atoms with Crippen LogP contribution in [0.15, 0.2) is 30.5 Å². The molecule has 2 heterocycles. The van der Waals surface area contributed by atoms with Crippen LogP contribution in [0.3, 0.4) is 0 Å². The van der Waals surface area contributed by atoms with Gasteiger partial charge in [-0.1, -0.05) is 19.1 Å². The zero-order valence-corrected chi connectivity index (χ0v) is 16.2. The fourth-order valence-corrected chi connectivity index (χ4v) is 3.68. The van der Waals surface area contributed by atoms with E-state index in [1.54, 1.807) is 6.20 Å². The van der Waals surface area contributed by atoms with Gasteiger partial charge in [0.25, 0.3) is 5.91 Å². The first-order valence-corrected chi connectivity index (χ1v) is 9.40. The van der Waals surface area contributed by atoms with Crippen molar-refractivity contribution in [3.05, 3.63) is 57.3 Å². The molecule has 0 radical (unpaired) electrons. The zero-order valence-electron chi connectivity index (χ0n) is 15.4. The number of amides is 1. The second-order valence-electron chi connectivity index (χ2n) is 6.31. The predicted octanol–water partition coefficient (Wildman–Crippen LogP) is 3.78. The van der Waals surface area contributed by atoms with E-state index in [0.717, 1.165) is 33.3 Å². The molecule has 6 nitrogen and oxygen atoms in total. The highest BCUT2D eigenvalue weighted by molar-refractivity contribution is 7.12. The minimum atomic E-state index is -0.232. The van der Waals surface area contributed by atoms with Crippen LogP contribution in [0.5, 0.6) is 0 Å². The van der Waals surface area contributed by atoms with Crippen LogP contribution >= 0.6 is 11.3 Å². The second kappa shape index (κ2) is 7.39. The number of nitrogens with one attached hydrogen (secondary N) is 1. The Kier molecular flexibility index (Phi) is 5.20. The smallest absolute Gasteiger partial charge is 0.275 e. The average Bonchev–Trinajstić information content (AvgIpc) is 3.18. The van der Waals surface area contributed by atoms with Gasteiger partial charge in [-0.15, -0.1) is 11.3 Å². The molecule has 136 valence electrons. The van der Waals surface area contributed by atoms with Crippen molar-refractivity contribution < 1.29 is 4.79 Å². The van der Waals surface area contributed by atoms with Crippen LogP contribution in [0.4, 0.5) is 5.69 Å². The molecule has 0 aliphatic carbocycles. The molecule has 26 heavy (non-hydrogen) atoms. The molecule has 0 bridgehead atoms. The summed E-state index contributed by atoms with van der Waals surface area (Å²) in [5.74, 6) is -0.232. The van der Waals surface area contributed by atoms with E-state index in [2.05, 4.69) is 21.5 Å². The summed E-state index contributed by atoms with van der Waals surface area (Å²) in [4.78, 5) is 17.9. The lowest BCUT2D eigenvalue weighted by Gasteiger charge is -2.09. The molecular weight excluding hydrogens is 346 g/mol. The lowest BCUT2D eigenvalue weighted by molar-refractivity contribution is 0.102. The number of carbonyl (C=O) groups is 1. The fourth-order valence-electron chi connectivity index (χ4n) is 2.80. The summed E-state index contributed by atoms with van der Waals surface area (Å²) >= 11 is 1.46. The van der Waals surface area contributed by atoms with E-state index in [9.17, 15) is 4.79 Å². The number of rotatable bonds is 5. The van der Waals surface area contributed by atoms with Gasteiger partial charge in [0, 0.05) is 4.88 Å². The minimum absolute atomic E-state index is 0.185. The lowest BCUT2D eigenvalue weighted by Crippen LogP contribution is -2.15. The van der Waals surface area contributed by atoms with E-state index < -0.39 is 0 Å². The Hall–Kier alpha value is -2.51. The number of nitrogens with two attached hydrogens (primary N) is 1. The van der Waals surface area contributed by atoms with E-state index in [1.807, 2.05) is 50.6 Å². The maximum absolute atomic E-state index is 12.7. The lowest BCUT2D eigenvalue weighted by atomic mass is 10.2. The Balaban J connectivity index is 1.90. The molecule has 1 aromatic carbocycles. The normalized spacial score (nSPS) is 12.2. The molecule has 0 fully saturated rings. The Labute approximate surface area is 157 Å². The van der Waals surface area contributed by atoms with Gasteiger partial charge in [0.15, 0.2) is 0 Å². The molecule has 2 aromatic heterocycles. The van der Waals surface area contributed by atoms with Crippen LogP contribution in [0.2, 0.25) is 0 Å². The van der Waals surface area contributed by atoms with Crippen LogP contribution in [0, 0.1) is 13.8 Å². The van der Waals surface area contributed by atoms with Gasteiger partial charge in [0.2, 0.25) is 0 Å². The van der Waals surface area contributed by atoms with Gasteiger partial charge >= 0.3 is 0 Å². The molecule has 3 aromatic rings. The number of aromatic nitrogens is 3. The maximum Gasteiger partial charge on any atom is 0.275 e. The third-order valence-corrected chi connectivity index (χ3v) is 5.29. The van der Waals surface area contributed by atoms with E-state index in [0.29, 0.717) is 11.4 Å². The van der Waals surface area contributed by atoms with Gasteiger partial charge < -0.3 is 11.1 Å². The number of aryl methyl sites for hydroxylation is 2. The van der Waals surface area contributed by atoms with Crippen molar-refractivity contribution in [2.75, 3.05) is 5.32 Å². The molecule has 3 N–H and O–H groups in total. The van der Waals surface area contributed by atoms with Crippen molar-refractivity contribution >= 4 is 22.9 Å². The predicted molar refractivity (Wildman–Crippen MR) is 105 cm³/mol. The Bertz CT molecular complexity index is 941. The van der Waals surface area contributed by atoms with E-state index in [-0.39, 0.29) is 11.9 Å². The van der Waals surface area contributed by atoms with E-state index in [4.69, 9.17) is 5.73 Å². The molecule has 0 aliphatic heterocycles. The first-order valence-electron chi connectivity index (χ1n) is 8.59. The topological polar surface area (TPSA) is 85.8 Å². The summed E-state index contributed by atoms with van der Waals surface area (Å²) in [5, 5.41) is 8.18. The highest BCUT2D eigenvalue weighted by atomic mass is 32.1. The third-order valence-electron chi connectivity index (χ3n) is 4.12. The maximum atomic E-state index is 12.7. The number of hydrogen-bond acceptors (Lipinski definition) is 5. The quantitative estimate of drug-likeness (QED) is 0.717. The molecule has 0 saturated heterocycles. The number of benzene rings is 1. The number of hydrogen-bond donors (Lipinski definition) is 2. The second-order valence-corrected chi connectivity index (χ2v) is 7.54. The largest absolute Gasteiger partial charge is 0.322 e. The molecule has 1 amide bonds. The van der Waals surface area contributed by atoms with Crippen molar-refractivity contribution in [1.82, 2.24) is 14.8 Å². The van der Waals surface area contributed by atoms with Crippen LogP contribution in [-0.4, -0.2) is 20.7 Å². The van der Waals surface area contributed by atoms with Crippen LogP contribution in [-0.2, 0) is 6.42 Å². The van der Waals surface area contributed by atoms with Crippen LogP contribution in [0.25, 0.3) is 5.69 Å². The van der Waals surface area contributed by atoms with Crippen LogP contribution < -0.4 is 11.1 Å². The molecular formula is C19H23N5OS. The fraction of sp³-hybridized carbons (Fsp3) is 0.316. The van der Waals surface area contributed by atoms with Crippen molar-refractivity contribution in [3.63, 3.8) is 0 Å². The van der Waals surface area contributed by atoms with Crippen molar-refractivity contribution in [3.8, 4) is 5.69 Å². The SMILES string of the molecule is CCc1c(NC(=O)c2nc(C(C)N)sc2C)cnn1-c1cccc(C)c1. The first kappa shape index (κ1) is 18.3. The molecule has 0 saturated carbocycles. The summed E-state index contributed by atoms with van der Waals surface area (Å²) in [6.45, 7) is 7.83. The standard InChI is InChI=1S/C19H23N5OS/c1-5-16-15(10-21-24(16)14-8-6-7-11(2)9-14)22-18(25)17-13(4)26-19(23-17)12(3)20/h6-10,12H,5,20H2,1-4H3,(H,22,25). The molecule has 1 atom stereocenters. The van der Waals surface area contributed by atoms with Crippen LogP contribution in [0.1, 0.15) is 51.5 Å². The van der Waals surface area contributed by atoms with Crippen molar-refractivity contribution in [2.24, 2.45) is 5.73 Å². The molecule has 0 aliphatic rings. The monoisotopic (exact) mass is 369 g/mol. The van der Waals surface area contributed by atoms with E-state index in [1.165, 1.54) is 11.3 Å². The van der Waals surface area contributed by atoms with Crippen molar-refractivity contribution in [1.29, 1.82) is 0 Å². The summed E-state index contributed by atoms with van der Waals surface area (Å²) in [6, 6.07) is 7.93. The number of carbonyl (C=O) groups excluding carboxylic acids is 1. The summed E-state index contributed by atoms with van der Waals surface area (Å²) < 4.78 is 1.86. The third kappa shape index (κ3) is 3.54.